The summed E-state index contributed by atoms with van der Waals surface area (Å²) in [6.45, 7) is 4.54. The van der Waals surface area contributed by atoms with Crippen molar-refractivity contribution in [3.05, 3.63) is 35.7 Å². The number of nitrogens with two attached hydrogens (primary N) is 1. The molecule has 0 amide bonds. The molecule has 2 rings (SSSR count). The molecule has 1 aromatic carbocycles. The second kappa shape index (κ2) is 2.76. The van der Waals surface area contributed by atoms with E-state index in [0.29, 0.717) is 12.0 Å². The fourth-order valence-electron chi connectivity index (χ4n) is 1.60. The molecule has 3 N–H and O–H groups in total. The van der Waals surface area contributed by atoms with Gasteiger partial charge >= 0.3 is 0 Å². The first-order chi connectivity index (χ1) is 6.20. The molecule has 0 saturated carbocycles. The minimum absolute atomic E-state index is 0.216. The Balaban J connectivity index is 2.63. The topological polar surface area (TPSA) is 38.0 Å². The van der Waals surface area contributed by atoms with Crippen LogP contribution < -0.4 is 11.1 Å². The molecule has 68 valence electrons. The number of anilines is 1. The molecule has 0 fully saturated rings. The summed E-state index contributed by atoms with van der Waals surface area (Å²) in [4.78, 5) is 0. The normalized spacial score (nSPS) is 15.0. The van der Waals surface area contributed by atoms with Crippen molar-refractivity contribution < 1.29 is 4.39 Å². The average Bonchev–Trinajstić information content (AvgIpc) is 2.12. The van der Waals surface area contributed by atoms with E-state index in [2.05, 4.69) is 11.9 Å². The van der Waals surface area contributed by atoms with Crippen LogP contribution in [0.3, 0.4) is 0 Å². The Hall–Kier alpha value is -1.51. The third-order valence-corrected chi connectivity index (χ3v) is 2.31. The van der Waals surface area contributed by atoms with E-state index in [1.54, 1.807) is 6.07 Å². The molecule has 1 aliphatic rings. The van der Waals surface area contributed by atoms with E-state index >= 15 is 0 Å². The number of rotatable bonds is 0. The summed E-state index contributed by atoms with van der Waals surface area (Å²) in [7, 11) is 0. The lowest BCUT2D eigenvalue weighted by atomic mass is 9.97. The number of benzene rings is 1. The lowest BCUT2D eigenvalue weighted by molar-refractivity contribution is 0.606. The highest BCUT2D eigenvalue weighted by molar-refractivity contribution is 5.69. The Bertz CT molecular complexity index is 371. The van der Waals surface area contributed by atoms with Crippen LogP contribution in [0.1, 0.15) is 11.1 Å². The third-order valence-electron chi connectivity index (χ3n) is 2.31. The molecule has 0 atom stereocenters. The van der Waals surface area contributed by atoms with Crippen LogP contribution in [0.4, 0.5) is 10.1 Å². The van der Waals surface area contributed by atoms with Crippen LogP contribution in [0.15, 0.2) is 18.7 Å². The molecule has 0 bridgehead atoms. The van der Waals surface area contributed by atoms with E-state index in [-0.39, 0.29) is 11.5 Å². The van der Waals surface area contributed by atoms with Crippen LogP contribution >= 0.6 is 0 Å². The summed E-state index contributed by atoms with van der Waals surface area (Å²) in [6.07, 6.45) is 0.672. The van der Waals surface area contributed by atoms with Crippen molar-refractivity contribution in [2.45, 2.75) is 6.42 Å². The van der Waals surface area contributed by atoms with Gasteiger partial charge in [-0.1, -0.05) is 12.6 Å². The minimum atomic E-state index is -0.292. The number of hydrogen-bond acceptors (Lipinski definition) is 2. The number of fused-ring (bicyclic) bond motifs is 1. The molecule has 0 radical (unpaired) electrons. The molecule has 0 aliphatic carbocycles. The van der Waals surface area contributed by atoms with E-state index in [1.807, 2.05) is 6.07 Å². The van der Waals surface area contributed by atoms with E-state index < -0.39 is 0 Å². The smallest absolute Gasteiger partial charge is 0.149 e. The summed E-state index contributed by atoms with van der Waals surface area (Å²) >= 11 is 0. The molecule has 13 heavy (non-hydrogen) atoms. The maximum atomic E-state index is 13.5. The molecular formula is C10H11FN2. The SMILES string of the molecule is C=C1NCCc2c1ccc(N)c2F. The zero-order valence-electron chi connectivity index (χ0n) is 7.23. The van der Waals surface area contributed by atoms with Crippen molar-refractivity contribution in [2.75, 3.05) is 12.3 Å². The van der Waals surface area contributed by atoms with Gasteiger partial charge in [0.15, 0.2) is 0 Å². The van der Waals surface area contributed by atoms with Crippen LogP contribution in [0.5, 0.6) is 0 Å². The molecule has 1 heterocycles. The van der Waals surface area contributed by atoms with Crippen LogP contribution in [-0.4, -0.2) is 6.54 Å². The predicted molar refractivity (Wildman–Crippen MR) is 51.6 cm³/mol. The van der Waals surface area contributed by atoms with Crippen molar-refractivity contribution in [1.82, 2.24) is 5.32 Å². The monoisotopic (exact) mass is 178 g/mol. The second-order valence-corrected chi connectivity index (χ2v) is 3.15. The highest BCUT2D eigenvalue weighted by Gasteiger charge is 2.16. The first kappa shape index (κ1) is 8.10. The van der Waals surface area contributed by atoms with Crippen molar-refractivity contribution in [1.29, 1.82) is 0 Å². The van der Waals surface area contributed by atoms with Crippen LogP contribution in [-0.2, 0) is 6.42 Å². The summed E-state index contributed by atoms with van der Waals surface area (Å²) in [5, 5.41) is 3.08. The highest BCUT2D eigenvalue weighted by Crippen LogP contribution is 2.26. The Labute approximate surface area is 76.3 Å². The quantitative estimate of drug-likeness (QED) is 0.591. The molecular weight excluding hydrogens is 167 g/mol. The molecule has 0 aromatic heterocycles. The number of halogens is 1. The summed E-state index contributed by atoms with van der Waals surface area (Å²) < 4.78 is 13.5. The molecule has 0 spiro atoms. The summed E-state index contributed by atoms with van der Waals surface area (Å²) in [5.74, 6) is -0.292. The zero-order valence-corrected chi connectivity index (χ0v) is 7.23. The first-order valence-corrected chi connectivity index (χ1v) is 4.20. The van der Waals surface area contributed by atoms with Gasteiger partial charge in [0.1, 0.15) is 5.82 Å². The van der Waals surface area contributed by atoms with Gasteiger partial charge in [0.25, 0.3) is 0 Å². The van der Waals surface area contributed by atoms with E-state index in [9.17, 15) is 4.39 Å². The van der Waals surface area contributed by atoms with Gasteiger partial charge in [0.05, 0.1) is 5.69 Å². The van der Waals surface area contributed by atoms with Crippen molar-refractivity contribution in [3.63, 3.8) is 0 Å². The average molecular weight is 178 g/mol. The van der Waals surface area contributed by atoms with Gasteiger partial charge in [-0.3, -0.25) is 0 Å². The maximum absolute atomic E-state index is 13.5. The Kier molecular flexibility index (Phi) is 1.72. The number of nitrogens with one attached hydrogen (secondary N) is 1. The Morgan fingerprint density at radius 3 is 3.00 bits per heavy atom. The fraction of sp³-hybridized carbons (Fsp3) is 0.200. The highest BCUT2D eigenvalue weighted by atomic mass is 19.1. The van der Waals surface area contributed by atoms with Gasteiger partial charge in [0, 0.05) is 23.4 Å². The predicted octanol–water partition coefficient (Wildman–Crippen LogP) is 1.52. The second-order valence-electron chi connectivity index (χ2n) is 3.15. The maximum Gasteiger partial charge on any atom is 0.149 e. The van der Waals surface area contributed by atoms with Crippen molar-refractivity contribution in [2.24, 2.45) is 0 Å². The van der Waals surface area contributed by atoms with E-state index in [4.69, 9.17) is 5.73 Å². The number of hydrogen-bond donors (Lipinski definition) is 2. The number of nitrogen functional groups attached to an aromatic ring is 1. The first-order valence-electron chi connectivity index (χ1n) is 4.20. The summed E-state index contributed by atoms with van der Waals surface area (Å²) in [6, 6.07) is 3.38. The molecule has 3 heteroatoms. The third kappa shape index (κ3) is 1.16. The van der Waals surface area contributed by atoms with Gasteiger partial charge < -0.3 is 11.1 Å². The largest absolute Gasteiger partial charge is 0.396 e. The van der Waals surface area contributed by atoms with E-state index in [0.717, 1.165) is 17.8 Å². The molecule has 0 unspecified atom stereocenters. The summed E-state index contributed by atoms with van der Waals surface area (Å²) in [5.41, 5.74) is 7.99. The van der Waals surface area contributed by atoms with Crippen LogP contribution in [0.2, 0.25) is 0 Å². The lowest BCUT2D eigenvalue weighted by Gasteiger charge is -2.21. The standard InChI is InChI=1S/C10H11FN2/c1-6-7-2-3-9(12)10(11)8(7)4-5-13-6/h2-3,13H,1,4-5,12H2. The van der Waals surface area contributed by atoms with Gasteiger partial charge in [-0.15, -0.1) is 0 Å². The molecule has 0 saturated heterocycles. The molecule has 1 aromatic rings. The van der Waals surface area contributed by atoms with Gasteiger partial charge in [-0.25, -0.2) is 4.39 Å². The lowest BCUT2D eigenvalue weighted by Crippen LogP contribution is -2.23. The van der Waals surface area contributed by atoms with E-state index in [1.165, 1.54) is 0 Å². The Morgan fingerprint density at radius 2 is 2.23 bits per heavy atom. The fourth-order valence-corrected chi connectivity index (χ4v) is 1.60. The van der Waals surface area contributed by atoms with Crippen molar-refractivity contribution >= 4 is 11.4 Å². The Morgan fingerprint density at radius 1 is 1.46 bits per heavy atom. The van der Waals surface area contributed by atoms with Crippen LogP contribution in [0, 0.1) is 5.82 Å². The van der Waals surface area contributed by atoms with Gasteiger partial charge in [-0.2, -0.15) is 0 Å². The van der Waals surface area contributed by atoms with Crippen molar-refractivity contribution in [3.8, 4) is 0 Å². The molecule has 1 aliphatic heterocycles. The van der Waals surface area contributed by atoms with Gasteiger partial charge in [0.2, 0.25) is 0 Å². The zero-order chi connectivity index (χ0) is 9.42. The minimum Gasteiger partial charge on any atom is -0.396 e. The van der Waals surface area contributed by atoms with Gasteiger partial charge in [-0.05, 0) is 12.5 Å². The van der Waals surface area contributed by atoms with Crippen LogP contribution in [0.25, 0.3) is 5.70 Å². The molecule has 2 nitrogen and oxygen atoms in total.